The van der Waals surface area contributed by atoms with Crippen molar-refractivity contribution in [2.45, 2.75) is 51.2 Å². The quantitative estimate of drug-likeness (QED) is 0.801. The highest BCUT2D eigenvalue weighted by Gasteiger charge is 2.66. The molecule has 0 bridgehead atoms. The third-order valence-electron chi connectivity index (χ3n) is 6.57. The molecule has 1 spiro atoms. The van der Waals surface area contributed by atoms with Gasteiger partial charge in [0.2, 0.25) is 0 Å². The zero-order valence-corrected chi connectivity index (χ0v) is 14.0. The number of allylic oxidation sites excluding steroid dienone is 1. The van der Waals surface area contributed by atoms with E-state index in [9.17, 15) is 14.7 Å². The average Bonchev–Trinajstić information content (AvgIpc) is 3.16. The van der Waals surface area contributed by atoms with Crippen molar-refractivity contribution in [1.29, 1.82) is 0 Å². The van der Waals surface area contributed by atoms with E-state index in [4.69, 9.17) is 9.15 Å². The Morgan fingerprint density at radius 3 is 2.83 bits per heavy atom. The number of hydrogen-bond donors (Lipinski definition) is 1. The van der Waals surface area contributed by atoms with Crippen molar-refractivity contribution in [3.63, 3.8) is 0 Å². The molecule has 1 saturated carbocycles. The van der Waals surface area contributed by atoms with Gasteiger partial charge in [-0.1, -0.05) is 6.92 Å². The van der Waals surface area contributed by atoms with Crippen molar-refractivity contribution in [3.05, 3.63) is 35.8 Å². The highest BCUT2D eigenvalue weighted by Crippen LogP contribution is 2.62. The lowest BCUT2D eigenvalue weighted by molar-refractivity contribution is -0.170. The fourth-order valence-corrected chi connectivity index (χ4v) is 5.09. The van der Waals surface area contributed by atoms with E-state index >= 15 is 0 Å². The van der Waals surface area contributed by atoms with Crippen LogP contribution in [0.5, 0.6) is 0 Å². The van der Waals surface area contributed by atoms with E-state index in [1.807, 2.05) is 6.92 Å². The highest BCUT2D eigenvalue weighted by atomic mass is 16.6. The van der Waals surface area contributed by atoms with Crippen molar-refractivity contribution in [2.75, 3.05) is 0 Å². The molecule has 5 heteroatoms. The Balaban J connectivity index is 1.79. The van der Waals surface area contributed by atoms with Gasteiger partial charge in [-0.3, -0.25) is 9.59 Å². The molecule has 128 valence electrons. The SMILES string of the molecule is CC1=CC(=O)C[C@@H]2[C@@]3(C[C@H](c4ccoc4)OC3=O)[C@H](C)CC[C@]12O. The molecule has 2 fully saturated rings. The smallest absolute Gasteiger partial charge is 0.313 e. The second-order valence-corrected chi connectivity index (χ2v) is 7.61. The summed E-state index contributed by atoms with van der Waals surface area (Å²) in [5.41, 5.74) is -0.407. The predicted octanol–water partition coefficient (Wildman–Crippen LogP) is 2.95. The predicted molar refractivity (Wildman–Crippen MR) is 84.8 cm³/mol. The van der Waals surface area contributed by atoms with Crippen LogP contribution in [-0.2, 0) is 14.3 Å². The Morgan fingerprint density at radius 2 is 2.12 bits per heavy atom. The molecule has 1 N–H and O–H groups in total. The number of aliphatic hydroxyl groups is 1. The van der Waals surface area contributed by atoms with Gasteiger partial charge in [0, 0.05) is 24.3 Å². The normalized spacial score (nSPS) is 42.0. The van der Waals surface area contributed by atoms with Crippen LogP contribution in [0.15, 0.2) is 34.7 Å². The van der Waals surface area contributed by atoms with Crippen LogP contribution in [0.3, 0.4) is 0 Å². The van der Waals surface area contributed by atoms with Crippen LogP contribution in [0.4, 0.5) is 0 Å². The minimum atomic E-state index is -1.09. The first kappa shape index (κ1) is 15.6. The molecule has 2 aliphatic carbocycles. The van der Waals surface area contributed by atoms with E-state index in [2.05, 4.69) is 0 Å². The molecule has 5 atom stereocenters. The van der Waals surface area contributed by atoms with E-state index in [1.165, 1.54) is 6.08 Å². The van der Waals surface area contributed by atoms with Crippen LogP contribution >= 0.6 is 0 Å². The zero-order chi connectivity index (χ0) is 17.1. The summed E-state index contributed by atoms with van der Waals surface area (Å²) in [7, 11) is 0. The molecule has 1 aromatic rings. The van der Waals surface area contributed by atoms with Gasteiger partial charge in [0.1, 0.15) is 6.10 Å². The molecule has 0 radical (unpaired) electrons. The molecule has 24 heavy (non-hydrogen) atoms. The van der Waals surface area contributed by atoms with Gasteiger partial charge in [-0.25, -0.2) is 0 Å². The first-order valence-electron chi connectivity index (χ1n) is 8.55. The van der Waals surface area contributed by atoms with Gasteiger partial charge in [0.05, 0.1) is 23.5 Å². The summed E-state index contributed by atoms with van der Waals surface area (Å²) in [6.07, 6.45) is 6.32. The number of rotatable bonds is 1. The molecule has 2 heterocycles. The van der Waals surface area contributed by atoms with E-state index < -0.39 is 16.9 Å². The Labute approximate surface area is 140 Å². The third-order valence-corrected chi connectivity index (χ3v) is 6.57. The largest absolute Gasteiger partial charge is 0.472 e. The van der Waals surface area contributed by atoms with Crippen molar-refractivity contribution < 1.29 is 23.8 Å². The summed E-state index contributed by atoms with van der Waals surface area (Å²) in [6.45, 7) is 3.83. The van der Waals surface area contributed by atoms with Crippen LogP contribution in [-0.4, -0.2) is 22.5 Å². The summed E-state index contributed by atoms with van der Waals surface area (Å²) >= 11 is 0. The molecule has 0 aromatic carbocycles. The van der Waals surface area contributed by atoms with E-state index in [0.29, 0.717) is 18.4 Å². The molecule has 3 aliphatic rings. The van der Waals surface area contributed by atoms with Gasteiger partial charge in [-0.05, 0) is 43.4 Å². The van der Waals surface area contributed by atoms with Crippen molar-refractivity contribution in [1.82, 2.24) is 0 Å². The summed E-state index contributed by atoms with van der Waals surface area (Å²) < 4.78 is 10.8. The van der Waals surface area contributed by atoms with Crippen molar-refractivity contribution >= 4 is 11.8 Å². The topological polar surface area (TPSA) is 76.7 Å². The number of hydrogen-bond acceptors (Lipinski definition) is 5. The molecule has 4 rings (SSSR count). The maximum Gasteiger partial charge on any atom is 0.313 e. The van der Waals surface area contributed by atoms with E-state index in [0.717, 1.165) is 12.0 Å². The molecular formula is C19H22O5. The number of ketones is 1. The minimum absolute atomic E-state index is 0.0183. The van der Waals surface area contributed by atoms with Gasteiger partial charge in [-0.15, -0.1) is 0 Å². The first-order chi connectivity index (χ1) is 11.4. The van der Waals surface area contributed by atoms with E-state index in [-0.39, 0.29) is 30.2 Å². The van der Waals surface area contributed by atoms with Crippen LogP contribution in [0.25, 0.3) is 0 Å². The fourth-order valence-electron chi connectivity index (χ4n) is 5.09. The summed E-state index contributed by atoms with van der Waals surface area (Å²) in [4.78, 5) is 25.2. The van der Waals surface area contributed by atoms with Gasteiger partial charge in [0.15, 0.2) is 5.78 Å². The maximum atomic E-state index is 13.0. The number of carbonyl (C=O) groups is 2. The number of carbonyl (C=O) groups excluding carboxylic acids is 2. The first-order valence-corrected chi connectivity index (χ1v) is 8.55. The van der Waals surface area contributed by atoms with Crippen molar-refractivity contribution in [2.24, 2.45) is 17.3 Å². The zero-order valence-electron chi connectivity index (χ0n) is 14.0. The lowest BCUT2D eigenvalue weighted by atomic mass is 9.50. The van der Waals surface area contributed by atoms with E-state index in [1.54, 1.807) is 25.5 Å². The van der Waals surface area contributed by atoms with Gasteiger partial charge in [0.25, 0.3) is 0 Å². The number of cyclic esters (lactones) is 1. The Bertz CT molecular complexity index is 718. The summed E-state index contributed by atoms with van der Waals surface area (Å²) in [5.74, 6) is -0.663. The Hall–Kier alpha value is -1.88. The Morgan fingerprint density at radius 1 is 1.33 bits per heavy atom. The monoisotopic (exact) mass is 330 g/mol. The van der Waals surface area contributed by atoms with Gasteiger partial charge in [-0.2, -0.15) is 0 Å². The molecule has 0 amide bonds. The second kappa shape index (κ2) is 5.06. The average molecular weight is 330 g/mol. The Kier molecular flexibility index (Phi) is 3.29. The van der Waals surface area contributed by atoms with Gasteiger partial charge >= 0.3 is 5.97 Å². The standard InChI is InChI=1S/C19H22O5/c1-11-3-5-19(22)12(2)7-14(20)8-16(19)18(11)9-15(24-17(18)21)13-4-6-23-10-13/h4,6-7,10-11,15-16,22H,3,5,8-9H2,1-2H3/t11-,15-,16-,18-,19+/m1/s1. The van der Waals surface area contributed by atoms with Crippen LogP contribution in [0, 0.1) is 17.3 Å². The lowest BCUT2D eigenvalue weighted by Gasteiger charge is -2.53. The minimum Gasteiger partial charge on any atom is -0.472 e. The van der Waals surface area contributed by atoms with Crippen LogP contribution < -0.4 is 0 Å². The number of fused-ring (bicyclic) bond motifs is 2. The lowest BCUT2D eigenvalue weighted by Crippen LogP contribution is -2.59. The maximum absolute atomic E-state index is 13.0. The summed E-state index contributed by atoms with van der Waals surface area (Å²) in [6, 6.07) is 1.80. The molecule has 1 aromatic heterocycles. The number of ether oxygens (including phenoxy) is 1. The summed E-state index contributed by atoms with van der Waals surface area (Å²) in [5, 5.41) is 11.3. The highest BCUT2D eigenvalue weighted by molar-refractivity contribution is 5.93. The van der Waals surface area contributed by atoms with Gasteiger partial charge < -0.3 is 14.3 Å². The fraction of sp³-hybridized carbons (Fsp3) is 0.579. The number of esters is 1. The third kappa shape index (κ3) is 1.91. The van der Waals surface area contributed by atoms with Crippen LogP contribution in [0.2, 0.25) is 0 Å². The molecule has 1 saturated heterocycles. The molecule has 0 unspecified atom stereocenters. The second-order valence-electron chi connectivity index (χ2n) is 7.61. The molecule has 1 aliphatic heterocycles. The molecular weight excluding hydrogens is 308 g/mol. The molecule has 5 nitrogen and oxygen atoms in total. The van der Waals surface area contributed by atoms with Crippen LogP contribution in [0.1, 0.15) is 51.2 Å². The van der Waals surface area contributed by atoms with Crippen molar-refractivity contribution in [3.8, 4) is 0 Å². The number of furan rings is 1.